The zero-order valence-corrected chi connectivity index (χ0v) is 17.6. The molecule has 150 valence electrons. The number of nitrogens with zero attached hydrogens (tertiary/aromatic N) is 4. The number of carbonyl (C=O) groups excluding carboxylic acids is 2. The summed E-state index contributed by atoms with van der Waals surface area (Å²) in [6, 6.07) is 4.02. The Balaban J connectivity index is 1.32. The molecule has 2 aromatic heterocycles. The smallest absolute Gasteiger partial charge is 0.265 e. The SMILES string of the molecule is Cc1nc(-c2cccs2)sc1C(=O)N1CCN(CC(=O)N2CCOCC2)CC1. The second-order valence-corrected chi connectivity index (χ2v) is 8.92. The lowest BCUT2D eigenvalue weighted by Crippen LogP contribution is -2.52. The Morgan fingerprint density at radius 2 is 1.86 bits per heavy atom. The quantitative estimate of drug-likeness (QED) is 0.755. The molecular weight excluding hydrogens is 396 g/mol. The van der Waals surface area contributed by atoms with Crippen molar-refractivity contribution in [3.8, 4) is 9.88 Å². The van der Waals surface area contributed by atoms with Crippen LogP contribution in [0.15, 0.2) is 17.5 Å². The minimum atomic E-state index is 0.0527. The average Bonchev–Trinajstić information content (AvgIpc) is 3.38. The lowest BCUT2D eigenvalue weighted by Gasteiger charge is -2.35. The van der Waals surface area contributed by atoms with Gasteiger partial charge in [-0.3, -0.25) is 14.5 Å². The lowest BCUT2D eigenvalue weighted by atomic mass is 10.2. The van der Waals surface area contributed by atoms with Crippen molar-refractivity contribution in [2.45, 2.75) is 6.92 Å². The number of hydrogen-bond acceptors (Lipinski definition) is 7. The molecule has 0 aromatic carbocycles. The fourth-order valence-corrected chi connectivity index (χ4v) is 5.29. The summed E-state index contributed by atoms with van der Waals surface area (Å²) in [6.07, 6.45) is 0. The maximum atomic E-state index is 13.0. The molecule has 9 heteroatoms. The van der Waals surface area contributed by atoms with Crippen molar-refractivity contribution in [1.29, 1.82) is 0 Å². The largest absolute Gasteiger partial charge is 0.378 e. The molecule has 4 heterocycles. The van der Waals surface area contributed by atoms with Crippen LogP contribution in [0, 0.1) is 6.92 Å². The fourth-order valence-electron chi connectivity index (χ4n) is 3.46. The molecule has 0 radical (unpaired) electrons. The third-order valence-electron chi connectivity index (χ3n) is 5.10. The highest BCUT2D eigenvalue weighted by Crippen LogP contribution is 2.31. The van der Waals surface area contributed by atoms with Crippen molar-refractivity contribution in [3.63, 3.8) is 0 Å². The number of thiophene rings is 1. The molecule has 2 aliphatic heterocycles. The van der Waals surface area contributed by atoms with Gasteiger partial charge < -0.3 is 14.5 Å². The van der Waals surface area contributed by atoms with Crippen LogP contribution in [-0.2, 0) is 9.53 Å². The van der Waals surface area contributed by atoms with E-state index in [2.05, 4.69) is 9.88 Å². The maximum Gasteiger partial charge on any atom is 0.265 e. The Morgan fingerprint density at radius 3 is 2.54 bits per heavy atom. The van der Waals surface area contributed by atoms with Crippen LogP contribution in [0.4, 0.5) is 0 Å². The second-order valence-electron chi connectivity index (χ2n) is 6.97. The van der Waals surface area contributed by atoms with Crippen molar-refractivity contribution in [2.75, 3.05) is 59.0 Å². The highest BCUT2D eigenvalue weighted by atomic mass is 32.1. The Labute approximate surface area is 172 Å². The monoisotopic (exact) mass is 420 g/mol. The minimum absolute atomic E-state index is 0.0527. The van der Waals surface area contributed by atoms with Gasteiger partial charge in [-0.1, -0.05) is 6.07 Å². The van der Waals surface area contributed by atoms with Gasteiger partial charge in [0, 0.05) is 39.3 Å². The zero-order valence-electron chi connectivity index (χ0n) is 15.9. The second kappa shape index (κ2) is 8.69. The van der Waals surface area contributed by atoms with E-state index in [1.165, 1.54) is 11.3 Å². The molecule has 0 unspecified atom stereocenters. The highest BCUT2D eigenvalue weighted by Gasteiger charge is 2.27. The molecule has 2 saturated heterocycles. The van der Waals surface area contributed by atoms with Crippen LogP contribution in [0.25, 0.3) is 9.88 Å². The number of piperazine rings is 1. The molecule has 0 N–H and O–H groups in total. The van der Waals surface area contributed by atoms with Crippen molar-refractivity contribution >= 4 is 34.5 Å². The van der Waals surface area contributed by atoms with Gasteiger partial charge in [0.05, 0.1) is 30.3 Å². The number of aromatic nitrogens is 1. The molecule has 0 atom stereocenters. The van der Waals surface area contributed by atoms with E-state index < -0.39 is 0 Å². The van der Waals surface area contributed by atoms with Crippen molar-refractivity contribution in [1.82, 2.24) is 19.7 Å². The van der Waals surface area contributed by atoms with Gasteiger partial charge in [0.15, 0.2) is 0 Å². The summed E-state index contributed by atoms with van der Waals surface area (Å²) >= 11 is 3.11. The standard InChI is InChI=1S/C19H24N4O3S2/c1-14-17(28-18(20-14)15-3-2-12-27-15)19(25)23-6-4-21(5-7-23)13-16(24)22-8-10-26-11-9-22/h2-3,12H,4-11,13H2,1H3. The predicted octanol–water partition coefficient (Wildman–Crippen LogP) is 1.80. The van der Waals surface area contributed by atoms with Crippen LogP contribution < -0.4 is 0 Å². The molecule has 0 bridgehead atoms. The van der Waals surface area contributed by atoms with Crippen LogP contribution in [0.5, 0.6) is 0 Å². The molecule has 2 aromatic rings. The normalized spacial score (nSPS) is 18.5. The molecule has 0 saturated carbocycles. The molecule has 7 nitrogen and oxygen atoms in total. The van der Waals surface area contributed by atoms with Crippen molar-refractivity contribution < 1.29 is 14.3 Å². The molecule has 0 aliphatic carbocycles. The van der Waals surface area contributed by atoms with E-state index in [1.54, 1.807) is 11.3 Å². The highest BCUT2D eigenvalue weighted by molar-refractivity contribution is 7.22. The summed E-state index contributed by atoms with van der Waals surface area (Å²) in [6.45, 7) is 7.63. The summed E-state index contributed by atoms with van der Waals surface area (Å²) in [4.78, 5) is 37.7. The third-order valence-corrected chi connectivity index (χ3v) is 7.29. The van der Waals surface area contributed by atoms with Gasteiger partial charge in [-0.25, -0.2) is 4.98 Å². The molecule has 2 fully saturated rings. The number of aryl methyl sites for hydroxylation is 1. The van der Waals surface area contributed by atoms with Gasteiger partial charge in [0.25, 0.3) is 5.91 Å². The summed E-state index contributed by atoms with van der Waals surface area (Å²) in [5.74, 6) is 0.207. The molecular formula is C19H24N4O3S2. The number of thiazole rings is 1. The topological polar surface area (TPSA) is 66.0 Å². The molecule has 0 spiro atoms. The first-order valence-corrected chi connectivity index (χ1v) is 11.2. The van der Waals surface area contributed by atoms with E-state index in [0.29, 0.717) is 45.9 Å². The van der Waals surface area contributed by atoms with Gasteiger partial charge in [-0.15, -0.1) is 22.7 Å². The number of hydrogen-bond donors (Lipinski definition) is 0. The Morgan fingerprint density at radius 1 is 1.11 bits per heavy atom. The van der Waals surface area contributed by atoms with Crippen LogP contribution in [0.3, 0.4) is 0 Å². The maximum absolute atomic E-state index is 13.0. The summed E-state index contributed by atoms with van der Waals surface area (Å²) < 4.78 is 5.30. The van der Waals surface area contributed by atoms with E-state index in [1.807, 2.05) is 34.2 Å². The number of rotatable bonds is 4. The van der Waals surface area contributed by atoms with E-state index in [4.69, 9.17) is 4.74 Å². The van der Waals surface area contributed by atoms with E-state index in [0.717, 1.165) is 33.5 Å². The summed E-state index contributed by atoms with van der Waals surface area (Å²) in [5, 5.41) is 2.93. The van der Waals surface area contributed by atoms with Crippen molar-refractivity contribution in [3.05, 3.63) is 28.1 Å². The van der Waals surface area contributed by atoms with E-state index in [9.17, 15) is 9.59 Å². The van der Waals surface area contributed by atoms with Crippen LogP contribution in [0.1, 0.15) is 15.4 Å². The van der Waals surface area contributed by atoms with Gasteiger partial charge in [0.2, 0.25) is 5.91 Å². The molecule has 2 amide bonds. The first-order valence-electron chi connectivity index (χ1n) is 9.50. The first-order chi connectivity index (χ1) is 13.6. The third kappa shape index (κ3) is 4.27. The molecule has 2 aliphatic rings. The van der Waals surface area contributed by atoms with Crippen LogP contribution >= 0.6 is 22.7 Å². The molecule has 4 rings (SSSR count). The van der Waals surface area contributed by atoms with E-state index in [-0.39, 0.29) is 11.8 Å². The predicted molar refractivity (Wildman–Crippen MR) is 110 cm³/mol. The number of carbonyl (C=O) groups is 2. The lowest BCUT2D eigenvalue weighted by molar-refractivity contribution is -0.136. The average molecular weight is 421 g/mol. The summed E-state index contributed by atoms with van der Waals surface area (Å²) in [7, 11) is 0. The number of ether oxygens (including phenoxy) is 1. The first kappa shape index (κ1) is 19.5. The Bertz CT molecular complexity index is 822. The number of amides is 2. The van der Waals surface area contributed by atoms with Gasteiger partial charge in [0.1, 0.15) is 9.88 Å². The Kier molecular flexibility index (Phi) is 6.05. The minimum Gasteiger partial charge on any atom is -0.378 e. The summed E-state index contributed by atoms with van der Waals surface area (Å²) in [5.41, 5.74) is 0.795. The van der Waals surface area contributed by atoms with Gasteiger partial charge in [-0.05, 0) is 18.4 Å². The van der Waals surface area contributed by atoms with Crippen LogP contribution in [0.2, 0.25) is 0 Å². The molecule has 28 heavy (non-hydrogen) atoms. The van der Waals surface area contributed by atoms with Crippen LogP contribution in [-0.4, -0.2) is 90.5 Å². The number of morpholine rings is 1. The van der Waals surface area contributed by atoms with Crippen molar-refractivity contribution in [2.24, 2.45) is 0 Å². The zero-order chi connectivity index (χ0) is 19.5. The van der Waals surface area contributed by atoms with E-state index >= 15 is 0 Å². The van der Waals surface area contributed by atoms with Gasteiger partial charge >= 0.3 is 0 Å². The Hall–Kier alpha value is -1.81. The van der Waals surface area contributed by atoms with Gasteiger partial charge in [-0.2, -0.15) is 0 Å². The fraction of sp³-hybridized carbons (Fsp3) is 0.526.